The van der Waals surface area contributed by atoms with Gasteiger partial charge in [-0.2, -0.15) is 0 Å². The van der Waals surface area contributed by atoms with Crippen molar-refractivity contribution in [3.63, 3.8) is 0 Å². The van der Waals surface area contributed by atoms with Gasteiger partial charge in [0, 0.05) is 0 Å². The van der Waals surface area contributed by atoms with Crippen molar-refractivity contribution < 1.29 is 9.53 Å². The van der Waals surface area contributed by atoms with Gasteiger partial charge in [-0.1, -0.05) is 44.8 Å². The van der Waals surface area contributed by atoms with Crippen molar-refractivity contribution in [3.8, 4) is 0 Å². The van der Waals surface area contributed by atoms with Crippen molar-refractivity contribution in [2.24, 2.45) is 0 Å². The van der Waals surface area contributed by atoms with Gasteiger partial charge in [-0.15, -0.1) is 0 Å². The van der Waals surface area contributed by atoms with E-state index in [9.17, 15) is 4.79 Å². The average molecular weight is 212 g/mol. The molecule has 0 N–H and O–H groups in total. The predicted molar refractivity (Wildman–Crippen MR) is 63.8 cm³/mol. The van der Waals surface area contributed by atoms with Crippen LogP contribution in [0.3, 0.4) is 0 Å². The lowest BCUT2D eigenvalue weighted by molar-refractivity contribution is -0.128. The molecular weight excluding hydrogens is 188 g/mol. The van der Waals surface area contributed by atoms with Gasteiger partial charge in [0.25, 0.3) is 6.47 Å². The van der Waals surface area contributed by atoms with Crippen molar-refractivity contribution >= 4 is 6.47 Å². The van der Waals surface area contributed by atoms with Gasteiger partial charge in [0.05, 0.1) is 6.61 Å². The Morgan fingerprint density at radius 2 is 1.60 bits per heavy atom. The van der Waals surface area contributed by atoms with E-state index >= 15 is 0 Å². The summed E-state index contributed by atoms with van der Waals surface area (Å²) in [5.74, 6) is 0. The molecule has 0 aliphatic carbocycles. The summed E-state index contributed by atoms with van der Waals surface area (Å²) in [5.41, 5.74) is 0. The highest BCUT2D eigenvalue weighted by Gasteiger charge is 1.90. The van der Waals surface area contributed by atoms with Crippen LogP contribution in [0.2, 0.25) is 0 Å². The molecule has 0 atom stereocenters. The summed E-state index contributed by atoms with van der Waals surface area (Å²) >= 11 is 0. The monoisotopic (exact) mass is 212 g/mol. The third-order valence-electron chi connectivity index (χ3n) is 2.35. The zero-order valence-corrected chi connectivity index (χ0v) is 9.91. The second-order valence-electron chi connectivity index (χ2n) is 3.76. The van der Waals surface area contributed by atoms with Gasteiger partial charge in [-0.3, -0.25) is 4.79 Å². The Morgan fingerprint density at radius 3 is 2.27 bits per heavy atom. The lowest BCUT2D eigenvalue weighted by Crippen LogP contribution is -1.91. The van der Waals surface area contributed by atoms with Crippen molar-refractivity contribution in [1.29, 1.82) is 0 Å². The molecule has 0 rings (SSSR count). The molecule has 0 amide bonds. The summed E-state index contributed by atoms with van der Waals surface area (Å²) in [5, 5.41) is 0. The van der Waals surface area contributed by atoms with E-state index in [0.29, 0.717) is 13.1 Å². The van der Waals surface area contributed by atoms with Crippen molar-refractivity contribution in [2.45, 2.75) is 58.3 Å². The van der Waals surface area contributed by atoms with E-state index in [4.69, 9.17) is 0 Å². The molecule has 2 nitrogen and oxygen atoms in total. The maximum atomic E-state index is 9.84. The molecule has 0 saturated heterocycles. The third-order valence-corrected chi connectivity index (χ3v) is 2.35. The molecule has 0 radical (unpaired) electrons. The van der Waals surface area contributed by atoms with Crippen LogP contribution in [0.1, 0.15) is 58.3 Å². The molecule has 0 unspecified atom stereocenters. The summed E-state index contributed by atoms with van der Waals surface area (Å²) in [6.45, 7) is 3.28. The molecule has 2 heteroatoms. The van der Waals surface area contributed by atoms with Gasteiger partial charge in [-0.05, 0) is 25.7 Å². The van der Waals surface area contributed by atoms with Crippen LogP contribution in [0.25, 0.3) is 0 Å². The Hall–Kier alpha value is -0.790. The summed E-state index contributed by atoms with van der Waals surface area (Å²) in [6, 6.07) is 0. The van der Waals surface area contributed by atoms with E-state index < -0.39 is 0 Å². The van der Waals surface area contributed by atoms with Crippen molar-refractivity contribution in [1.82, 2.24) is 0 Å². The summed E-state index contributed by atoms with van der Waals surface area (Å²) < 4.78 is 4.62. The minimum atomic E-state index is 0.528. The number of hydrogen-bond acceptors (Lipinski definition) is 2. The van der Waals surface area contributed by atoms with Crippen LogP contribution in [0.5, 0.6) is 0 Å². The molecule has 0 spiro atoms. The molecule has 0 aliphatic heterocycles. The number of carbonyl (C=O) groups is 1. The van der Waals surface area contributed by atoms with Crippen molar-refractivity contribution in [3.05, 3.63) is 12.2 Å². The second-order valence-corrected chi connectivity index (χ2v) is 3.76. The normalized spacial score (nSPS) is 10.7. The number of carbonyl (C=O) groups excluding carboxylic acids is 1. The van der Waals surface area contributed by atoms with E-state index in [1.807, 2.05) is 0 Å². The zero-order valence-electron chi connectivity index (χ0n) is 9.91. The Labute approximate surface area is 93.7 Å². The van der Waals surface area contributed by atoms with Crippen molar-refractivity contribution in [2.75, 3.05) is 6.61 Å². The Kier molecular flexibility index (Phi) is 12.5. The molecule has 0 aromatic carbocycles. The van der Waals surface area contributed by atoms with Gasteiger partial charge >= 0.3 is 0 Å². The first kappa shape index (κ1) is 14.2. The van der Waals surface area contributed by atoms with E-state index in [1.165, 1.54) is 38.5 Å². The molecule has 0 aromatic heterocycles. The minimum absolute atomic E-state index is 0.528. The predicted octanol–water partition coefficient (Wildman–Crippen LogP) is 3.86. The SMILES string of the molecule is CC/C=C/CCCCCCCCOC=O. The van der Waals surface area contributed by atoms with Crippen LogP contribution in [0, 0.1) is 0 Å². The number of hydrogen-bond donors (Lipinski definition) is 0. The van der Waals surface area contributed by atoms with Gasteiger partial charge in [-0.25, -0.2) is 0 Å². The largest absolute Gasteiger partial charge is 0.468 e. The molecule has 0 aliphatic rings. The molecule has 0 heterocycles. The summed E-state index contributed by atoms with van der Waals surface area (Å²) in [7, 11) is 0. The smallest absolute Gasteiger partial charge is 0.293 e. The Morgan fingerprint density at radius 1 is 0.933 bits per heavy atom. The highest BCUT2D eigenvalue weighted by Crippen LogP contribution is 2.07. The van der Waals surface area contributed by atoms with E-state index in [1.54, 1.807) is 0 Å². The van der Waals surface area contributed by atoms with Crippen LogP contribution in [0.4, 0.5) is 0 Å². The molecule has 15 heavy (non-hydrogen) atoms. The standard InChI is InChI=1S/C13H24O2/c1-2-3-4-5-6-7-8-9-10-11-12-15-13-14/h3-4,13H,2,5-12H2,1H3/b4-3+. The maximum absolute atomic E-state index is 9.84. The average Bonchev–Trinajstić information content (AvgIpc) is 2.26. The molecule has 88 valence electrons. The first-order chi connectivity index (χ1) is 7.41. The van der Waals surface area contributed by atoms with Crippen LogP contribution < -0.4 is 0 Å². The number of unbranched alkanes of at least 4 members (excludes halogenated alkanes) is 6. The topological polar surface area (TPSA) is 26.3 Å². The third kappa shape index (κ3) is 13.2. The fourth-order valence-corrected chi connectivity index (χ4v) is 1.49. The number of ether oxygens (including phenoxy) is 1. The lowest BCUT2D eigenvalue weighted by Gasteiger charge is -2.00. The first-order valence-electron chi connectivity index (χ1n) is 6.12. The summed E-state index contributed by atoms with van der Waals surface area (Å²) in [4.78, 5) is 9.84. The Bertz CT molecular complexity index is 153. The molecular formula is C13H24O2. The van der Waals surface area contributed by atoms with E-state index in [-0.39, 0.29) is 0 Å². The van der Waals surface area contributed by atoms with Gasteiger partial charge in [0.1, 0.15) is 0 Å². The van der Waals surface area contributed by atoms with E-state index in [0.717, 1.165) is 12.8 Å². The van der Waals surface area contributed by atoms with Gasteiger partial charge in [0.15, 0.2) is 0 Å². The quantitative estimate of drug-likeness (QED) is 0.295. The molecule has 0 fully saturated rings. The van der Waals surface area contributed by atoms with Crippen LogP contribution in [-0.4, -0.2) is 13.1 Å². The fraction of sp³-hybridized carbons (Fsp3) is 0.769. The van der Waals surface area contributed by atoms with Crippen LogP contribution in [0.15, 0.2) is 12.2 Å². The summed E-state index contributed by atoms with van der Waals surface area (Å²) in [6.07, 6.45) is 14.3. The number of rotatable bonds is 11. The molecule has 0 aromatic rings. The van der Waals surface area contributed by atoms with Crippen LogP contribution >= 0.6 is 0 Å². The van der Waals surface area contributed by atoms with Gasteiger partial charge < -0.3 is 4.74 Å². The first-order valence-corrected chi connectivity index (χ1v) is 6.12. The minimum Gasteiger partial charge on any atom is -0.468 e. The second kappa shape index (κ2) is 13.2. The lowest BCUT2D eigenvalue weighted by atomic mass is 10.1. The fourth-order valence-electron chi connectivity index (χ4n) is 1.49. The van der Waals surface area contributed by atoms with Gasteiger partial charge in [0.2, 0.25) is 0 Å². The highest BCUT2D eigenvalue weighted by molar-refractivity contribution is 5.36. The molecule has 0 saturated carbocycles. The van der Waals surface area contributed by atoms with E-state index in [2.05, 4.69) is 23.8 Å². The van der Waals surface area contributed by atoms with Crippen LogP contribution in [-0.2, 0) is 9.53 Å². The Balaban J connectivity index is 2.92. The zero-order chi connectivity index (χ0) is 11.2. The maximum Gasteiger partial charge on any atom is 0.293 e. The highest BCUT2D eigenvalue weighted by atomic mass is 16.5. The number of allylic oxidation sites excluding steroid dienone is 2. The molecule has 0 bridgehead atoms.